The van der Waals surface area contributed by atoms with Gasteiger partial charge in [0.15, 0.2) is 5.82 Å². The van der Waals surface area contributed by atoms with Crippen LogP contribution in [0.5, 0.6) is 0 Å². The molecule has 0 bridgehead atoms. The van der Waals surface area contributed by atoms with Crippen molar-refractivity contribution >= 4 is 24.0 Å². The number of nitrogens with one attached hydrogen (secondary N) is 1. The Balaban J connectivity index is 0.00000240. The molecular formula is C21H30ClN5O2. The smallest absolute Gasteiger partial charge is 0.232 e. The topological polar surface area (TPSA) is 74.5 Å². The van der Waals surface area contributed by atoms with Crippen LogP contribution in [0.1, 0.15) is 61.8 Å². The largest absolute Gasteiger partial charge is 0.339 e. The van der Waals surface area contributed by atoms with Crippen molar-refractivity contribution in [1.29, 1.82) is 0 Å². The number of para-hydroxylation sites is 1. The van der Waals surface area contributed by atoms with E-state index in [-0.39, 0.29) is 30.3 Å². The number of anilines is 1. The standard InChI is InChI=1S/C21H29N5O2.ClH/c1-4-14(2)16-7-5-6-8-17(16)26-13-15(11-19(26)27)21-23-20(24-28-21)18-12-22-9-10-25(18)3;/h5-8,14-15,18,22H,4,9-13H2,1-3H3;1H. The fourth-order valence-corrected chi connectivity index (χ4v) is 4.12. The molecule has 1 N–H and O–H groups in total. The third-order valence-electron chi connectivity index (χ3n) is 6.11. The van der Waals surface area contributed by atoms with E-state index in [1.54, 1.807) is 0 Å². The molecular weight excluding hydrogens is 390 g/mol. The molecule has 0 spiro atoms. The highest BCUT2D eigenvalue weighted by Crippen LogP contribution is 2.36. The summed E-state index contributed by atoms with van der Waals surface area (Å²) in [6.07, 6.45) is 1.45. The minimum Gasteiger partial charge on any atom is -0.339 e. The summed E-state index contributed by atoms with van der Waals surface area (Å²) >= 11 is 0. The zero-order chi connectivity index (χ0) is 19.7. The minimum atomic E-state index is -0.0550. The van der Waals surface area contributed by atoms with E-state index in [9.17, 15) is 4.79 Å². The summed E-state index contributed by atoms with van der Waals surface area (Å²) in [6, 6.07) is 8.33. The molecule has 4 rings (SSSR count). The molecule has 3 unspecified atom stereocenters. The quantitative estimate of drug-likeness (QED) is 0.802. The molecule has 2 saturated heterocycles. The second-order valence-corrected chi connectivity index (χ2v) is 7.96. The average Bonchev–Trinajstić information content (AvgIpc) is 3.34. The van der Waals surface area contributed by atoms with Gasteiger partial charge in [0.1, 0.15) is 0 Å². The van der Waals surface area contributed by atoms with Crippen LogP contribution in [0.3, 0.4) is 0 Å². The van der Waals surface area contributed by atoms with E-state index in [1.165, 1.54) is 5.56 Å². The fraction of sp³-hybridized carbons (Fsp3) is 0.571. The lowest BCUT2D eigenvalue weighted by Crippen LogP contribution is -2.44. The molecule has 3 atom stereocenters. The van der Waals surface area contributed by atoms with Crippen molar-refractivity contribution in [1.82, 2.24) is 20.4 Å². The molecule has 0 saturated carbocycles. The van der Waals surface area contributed by atoms with Crippen molar-refractivity contribution in [2.45, 2.75) is 44.6 Å². The van der Waals surface area contributed by atoms with Gasteiger partial charge in [-0.1, -0.05) is 37.2 Å². The number of rotatable bonds is 5. The Bertz CT molecular complexity index is 842. The average molecular weight is 420 g/mol. The summed E-state index contributed by atoms with van der Waals surface area (Å²) < 4.78 is 5.59. The van der Waals surface area contributed by atoms with Crippen LogP contribution in [0.25, 0.3) is 0 Å². The molecule has 1 amide bonds. The summed E-state index contributed by atoms with van der Waals surface area (Å²) in [5, 5.41) is 7.59. The number of benzene rings is 1. The Hall–Kier alpha value is -1.96. The maximum absolute atomic E-state index is 12.8. The molecule has 29 heavy (non-hydrogen) atoms. The number of likely N-dealkylation sites (N-methyl/N-ethyl adjacent to an activating group) is 1. The predicted octanol–water partition coefficient (Wildman–Crippen LogP) is 3.10. The first-order valence-electron chi connectivity index (χ1n) is 10.2. The Kier molecular flexibility index (Phi) is 6.93. The van der Waals surface area contributed by atoms with E-state index < -0.39 is 0 Å². The molecule has 1 aromatic carbocycles. The summed E-state index contributed by atoms with van der Waals surface area (Å²) in [4.78, 5) is 21.6. The minimum absolute atomic E-state index is 0. The molecule has 0 radical (unpaired) electrons. The number of hydrogen-bond donors (Lipinski definition) is 1. The third-order valence-corrected chi connectivity index (χ3v) is 6.11. The number of carbonyl (C=O) groups excluding carboxylic acids is 1. The van der Waals surface area contributed by atoms with Gasteiger partial charge in [-0.15, -0.1) is 12.4 Å². The van der Waals surface area contributed by atoms with Crippen LogP contribution in [0.2, 0.25) is 0 Å². The zero-order valence-electron chi connectivity index (χ0n) is 17.3. The van der Waals surface area contributed by atoms with Crippen LogP contribution >= 0.6 is 12.4 Å². The van der Waals surface area contributed by atoms with E-state index >= 15 is 0 Å². The van der Waals surface area contributed by atoms with Crippen LogP contribution < -0.4 is 10.2 Å². The molecule has 3 heterocycles. The van der Waals surface area contributed by atoms with E-state index in [0.29, 0.717) is 30.6 Å². The number of amides is 1. The van der Waals surface area contributed by atoms with Gasteiger partial charge in [0.05, 0.1) is 12.0 Å². The van der Waals surface area contributed by atoms with Crippen molar-refractivity contribution < 1.29 is 9.32 Å². The third kappa shape index (κ3) is 4.32. The Morgan fingerprint density at radius 2 is 2.14 bits per heavy atom. The molecule has 1 aromatic heterocycles. The first-order valence-corrected chi connectivity index (χ1v) is 10.2. The molecule has 2 aliphatic rings. The van der Waals surface area contributed by atoms with Crippen molar-refractivity contribution in [2.75, 3.05) is 38.1 Å². The number of aromatic nitrogens is 2. The van der Waals surface area contributed by atoms with Gasteiger partial charge >= 0.3 is 0 Å². The number of halogens is 1. The summed E-state index contributed by atoms with van der Waals surface area (Å²) in [7, 11) is 2.08. The lowest BCUT2D eigenvalue weighted by molar-refractivity contribution is -0.117. The second kappa shape index (κ2) is 9.24. The Morgan fingerprint density at radius 3 is 2.90 bits per heavy atom. The highest BCUT2D eigenvalue weighted by Gasteiger charge is 2.37. The van der Waals surface area contributed by atoms with Gasteiger partial charge in [0, 0.05) is 38.3 Å². The van der Waals surface area contributed by atoms with Crippen molar-refractivity contribution in [3.63, 3.8) is 0 Å². The molecule has 2 fully saturated rings. The van der Waals surface area contributed by atoms with Crippen LogP contribution in [0.15, 0.2) is 28.8 Å². The number of hydrogen-bond acceptors (Lipinski definition) is 6. The van der Waals surface area contributed by atoms with E-state index in [0.717, 1.165) is 31.7 Å². The summed E-state index contributed by atoms with van der Waals surface area (Å²) in [6.45, 7) is 7.71. The van der Waals surface area contributed by atoms with Crippen LogP contribution in [-0.4, -0.2) is 54.2 Å². The van der Waals surface area contributed by atoms with Crippen molar-refractivity contribution in [2.24, 2.45) is 0 Å². The van der Waals surface area contributed by atoms with E-state index in [1.807, 2.05) is 23.1 Å². The number of piperazine rings is 1. The molecule has 158 valence electrons. The van der Waals surface area contributed by atoms with Gasteiger partial charge < -0.3 is 14.7 Å². The van der Waals surface area contributed by atoms with E-state index in [2.05, 4.69) is 47.3 Å². The summed E-state index contributed by atoms with van der Waals surface area (Å²) in [5.74, 6) is 1.76. The number of carbonyl (C=O) groups is 1. The Labute approximate surface area is 178 Å². The monoisotopic (exact) mass is 419 g/mol. The lowest BCUT2D eigenvalue weighted by atomic mass is 9.96. The SMILES string of the molecule is CCC(C)c1ccccc1N1CC(c2nc(C3CNCCN3C)no2)CC1=O.Cl. The summed E-state index contributed by atoms with van der Waals surface area (Å²) in [5.41, 5.74) is 2.24. The Morgan fingerprint density at radius 1 is 1.34 bits per heavy atom. The van der Waals surface area contributed by atoms with Crippen LogP contribution in [0.4, 0.5) is 5.69 Å². The first kappa shape index (κ1) is 21.7. The molecule has 2 aliphatic heterocycles. The fourth-order valence-electron chi connectivity index (χ4n) is 4.12. The van der Waals surface area contributed by atoms with Gasteiger partial charge in [-0.05, 0) is 31.0 Å². The van der Waals surface area contributed by atoms with Crippen LogP contribution in [-0.2, 0) is 4.79 Å². The number of nitrogens with zero attached hydrogens (tertiary/aromatic N) is 4. The predicted molar refractivity (Wildman–Crippen MR) is 115 cm³/mol. The molecule has 2 aromatic rings. The second-order valence-electron chi connectivity index (χ2n) is 7.96. The van der Waals surface area contributed by atoms with Gasteiger partial charge in [0.2, 0.25) is 11.8 Å². The van der Waals surface area contributed by atoms with Gasteiger partial charge in [-0.2, -0.15) is 4.98 Å². The molecule has 7 nitrogen and oxygen atoms in total. The van der Waals surface area contributed by atoms with E-state index in [4.69, 9.17) is 4.52 Å². The molecule has 8 heteroatoms. The van der Waals surface area contributed by atoms with Gasteiger partial charge in [-0.25, -0.2) is 0 Å². The zero-order valence-corrected chi connectivity index (χ0v) is 18.1. The van der Waals surface area contributed by atoms with Crippen molar-refractivity contribution in [3.8, 4) is 0 Å². The van der Waals surface area contributed by atoms with Gasteiger partial charge in [0.25, 0.3) is 0 Å². The molecule has 0 aliphatic carbocycles. The maximum atomic E-state index is 12.8. The van der Waals surface area contributed by atoms with Crippen molar-refractivity contribution in [3.05, 3.63) is 41.5 Å². The highest BCUT2D eigenvalue weighted by molar-refractivity contribution is 5.97. The highest BCUT2D eigenvalue weighted by atomic mass is 35.5. The van der Waals surface area contributed by atoms with Gasteiger partial charge in [-0.3, -0.25) is 9.69 Å². The first-order chi connectivity index (χ1) is 13.6. The normalized spacial score (nSPS) is 23.8. The lowest BCUT2D eigenvalue weighted by Gasteiger charge is -2.30. The van der Waals surface area contributed by atoms with Crippen LogP contribution in [0, 0.1) is 0 Å². The maximum Gasteiger partial charge on any atom is 0.232 e.